The monoisotopic (exact) mass is 2190 g/mol. The van der Waals surface area contributed by atoms with Crippen molar-refractivity contribution in [2.45, 2.75) is 136 Å². The number of aromatic nitrogens is 6. The van der Waals surface area contributed by atoms with E-state index in [0.29, 0.717) is 104 Å². The van der Waals surface area contributed by atoms with Crippen LogP contribution in [-0.2, 0) is 155 Å². The molecular weight excluding hydrogens is 2070 g/mol. The molecule has 0 saturated carbocycles. The fraction of sp³-hybridized carbons (Fsp3) is 0.417. The molecule has 144 heavy (non-hydrogen) atoms. The quantitative estimate of drug-likeness (QED) is 0.00861. The van der Waals surface area contributed by atoms with Gasteiger partial charge in [0.2, 0.25) is 0 Å². The molecule has 6 aromatic heterocycles. The van der Waals surface area contributed by atoms with Crippen molar-refractivity contribution in [1.82, 2.24) is 54.3 Å². The maximum Gasteiger partial charge on any atom is 0.335 e. The maximum absolute atomic E-state index is 11.1. The van der Waals surface area contributed by atoms with Gasteiger partial charge in [-0.15, -0.1) is 0 Å². The van der Waals surface area contributed by atoms with Gasteiger partial charge in [-0.3, -0.25) is 66.8 Å². The number of halogens is 1. The highest BCUT2D eigenvalue weighted by atomic mass is 79.9. The van der Waals surface area contributed by atoms with E-state index in [4.69, 9.17) is 32.4 Å². The first-order valence-corrected chi connectivity index (χ1v) is 59.2. The second kappa shape index (κ2) is 48.8. The number of hydrogen-bond donors (Lipinski definition) is 14. The van der Waals surface area contributed by atoms with Crippen LogP contribution in [0.4, 0.5) is 17.1 Å². The number of aryl methyl sites for hydroxylation is 2. The number of carbonyl (C=O) groups is 1. The first kappa shape index (κ1) is 111. The van der Waals surface area contributed by atoms with Crippen LogP contribution in [0, 0.1) is 17.0 Å². The van der Waals surface area contributed by atoms with E-state index in [0.717, 1.165) is 197 Å². The zero-order valence-corrected chi connectivity index (χ0v) is 87.0. The van der Waals surface area contributed by atoms with Crippen LogP contribution in [0.2, 0.25) is 0 Å². The van der Waals surface area contributed by atoms with Crippen LogP contribution in [0.1, 0.15) is 128 Å². The molecule has 0 unspecified atom stereocenters. The molecule has 40 nitrogen and oxygen atoms in total. The number of nitrogens with zero attached hydrogens (tertiary/aromatic N) is 8. The molecule has 0 bridgehead atoms. The number of rotatable bonds is 30. The molecule has 0 fully saturated rings. The Morgan fingerprint density at radius 3 is 1.21 bits per heavy atom. The standard InChI is InChI=1S/C15H18N2O5S.C14H17BrN2O3S.C14H17N3O5S.C14H19N3O3S.C14H14N2O3S.C13H19NO3S.C12H18N2O3S/c18-15(19)10-2-3-13-12(8-10)11-4-6-17(9-14(11)16-13)5-1-7-23(20,21)22;15-10-2-3-13-12(8-10)11-4-6-17(9-14(11)16-13)5-1-7-21(18,19)20;18-17(19)10-2-3-13-12(8-10)11-4-6-16(9-14(11)15-13)5-1-7-23(20,21)22;15-10-2-3-13-12(8-10)11-4-6-17(9-14(11)16-13)5-1-7-21(18,19)20;17-20(18,19)9-3-7-16-8-6-12-11-4-1-2-5-13(11)15-14(12)10-16;1-11-4-2-5-12-10-14(8-6-13(11)12)7-3-9-18(15,16)17;13-12-3-2-10-4-6-14(9-11(10)8-12)5-1-7-18(15,16)17/h2-3,8,16H,1,4-7,9H2,(H,18,19)(H,20,21,22);2-3,8,16H,1,4-7,9H2,(H,18,19,20);2-3,8,15H,1,4-7,9H2,(H,20,21,22);2-3,8,16H,1,4-7,9,15H2,(H,18,19,20);1-2,4-6,8,10H,3,7,9H2,(H,17,18,19);2,4-5H,3,6-10H2,1H3,(H,15,16,17);2-3,8H,1,4-7,9,13H2,(H,15,16,17)/p+2. The summed E-state index contributed by atoms with van der Waals surface area (Å²) < 4.78 is 216. The maximum atomic E-state index is 11.1. The molecular formula is C96H124BrN15O25S7+2. The molecule has 18 N–H and O–H groups in total. The van der Waals surface area contributed by atoms with Gasteiger partial charge in [0.05, 0.1) is 55.1 Å². The molecule has 0 amide bonds. The molecule has 0 aliphatic carbocycles. The fourth-order valence-corrected chi connectivity index (χ4v) is 23.2. The third kappa shape index (κ3) is 33.5. The van der Waals surface area contributed by atoms with Crippen LogP contribution >= 0.6 is 15.9 Å². The molecule has 13 aromatic rings. The van der Waals surface area contributed by atoms with Crippen molar-refractivity contribution in [3.8, 4) is 0 Å². The van der Waals surface area contributed by atoms with Crippen LogP contribution in [0.25, 0.3) is 65.4 Å². The van der Waals surface area contributed by atoms with E-state index >= 15 is 0 Å². The summed E-state index contributed by atoms with van der Waals surface area (Å²) in [6.07, 6.45) is 12.2. The Bertz CT molecular complexity index is 7360. The molecule has 48 heteroatoms. The van der Waals surface area contributed by atoms with E-state index in [-0.39, 0.29) is 51.5 Å². The number of nitro benzene ring substituents is 1. The van der Waals surface area contributed by atoms with Gasteiger partial charge in [-0.1, -0.05) is 58.4 Å². The summed E-state index contributed by atoms with van der Waals surface area (Å²) in [5.41, 5.74) is 32.5. The Morgan fingerprint density at radius 1 is 0.382 bits per heavy atom. The van der Waals surface area contributed by atoms with Crippen LogP contribution in [0.3, 0.4) is 0 Å². The topological polar surface area (TPSA) is 621 Å². The predicted octanol–water partition coefficient (Wildman–Crippen LogP) is 9.83. The number of fused-ring (bicyclic) bond motifs is 17. The first-order valence-electron chi connectivity index (χ1n) is 47.2. The van der Waals surface area contributed by atoms with E-state index in [1.54, 1.807) is 30.3 Å². The predicted molar refractivity (Wildman–Crippen MR) is 552 cm³/mol. The number of quaternary nitrogens is 2. The average molecular weight is 2190 g/mol. The van der Waals surface area contributed by atoms with E-state index in [9.17, 15) is 78.4 Å². The summed E-state index contributed by atoms with van der Waals surface area (Å²) in [4.78, 5) is 51.6. The van der Waals surface area contributed by atoms with Gasteiger partial charge in [0, 0.05) is 214 Å². The van der Waals surface area contributed by atoms with Gasteiger partial charge in [-0.2, -0.15) is 50.5 Å². The lowest BCUT2D eigenvalue weighted by Gasteiger charge is -2.29. The zero-order chi connectivity index (χ0) is 104. The lowest BCUT2D eigenvalue weighted by atomic mass is 9.95. The Hall–Kier alpha value is -9.95. The number of aromatic amines is 5. The van der Waals surface area contributed by atoms with Crippen molar-refractivity contribution in [1.29, 1.82) is 0 Å². The molecule has 0 radical (unpaired) electrons. The molecule has 0 spiro atoms. The minimum Gasteiger partial charge on any atom is -0.748 e. The second-order valence-corrected chi connectivity index (χ2v) is 48.9. The lowest BCUT2D eigenvalue weighted by molar-refractivity contribution is -0.695. The number of benzene rings is 7. The van der Waals surface area contributed by atoms with Crippen LogP contribution in [0.15, 0.2) is 156 Å². The SMILES string of the molecule is Cc1cccc2c1CCN(CCCS(=O)(=O)O)C2.O=C(O)c1ccc2[nH]c3c(c2c1)CCN(CCCS(=O)(=O)O)C3.O=S(=O)(O)CCCN1CCc2c([nH]c3ccc(Br)cc23)C1.O=S(=O)([O-])CCC[n+]1ccc2c(c1)[nH]c1ccccc12.O=[N+]([O-])c1ccc2[nH]c3c(c2c1)CCN(CCCS(=O)(=O)O)C3.[NH3+]c1ccc2[nH]c3c(c2c1)CCN(CCCS(=O)(=O)O)C3.[NH3+]c1ccc2c(c1)CN(CCCS(=O)(=O)O)CC2. The Morgan fingerprint density at radius 2 is 0.757 bits per heavy atom. The molecule has 6 aliphatic rings. The molecule has 12 heterocycles. The summed E-state index contributed by atoms with van der Waals surface area (Å²) in [6, 6.07) is 44.8. The average Bonchev–Trinajstić information content (AvgIpc) is 1.73. The minimum absolute atomic E-state index is 0.0786. The molecule has 0 saturated heterocycles. The number of aromatic carboxylic acids is 1. The van der Waals surface area contributed by atoms with Crippen molar-refractivity contribution in [3.05, 3.63) is 245 Å². The molecule has 0 atom stereocenters. The smallest absolute Gasteiger partial charge is 0.335 e. The fourth-order valence-electron chi connectivity index (χ4n) is 19.3. The summed E-state index contributed by atoms with van der Waals surface area (Å²) in [7, 11) is -27.3. The number of non-ortho nitro benzene ring substituents is 1. The number of hydrogen-bond acceptors (Lipinski definition) is 24. The van der Waals surface area contributed by atoms with Gasteiger partial charge >= 0.3 is 5.97 Å². The molecule has 19 rings (SSSR count). The number of H-pyrrole nitrogens is 5. The second-order valence-electron chi connectivity index (χ2n) is 37.1. The highest BCUT2D eigenvalue weighted by Crippen LogP contribution is 2.36. The molecule has 780 valence electrons. The number of nitrogens with one attached hydrogen (secondary N) is 5. The third-order valence-corrected chi connectivity index (χ3v) is 32.3. The number of para-hydroxylation sites is 1. The van der Waals surface area contributed by atoms with Crippen molar-refractivity contribution >= 4 is 175 Å². The summed E-state index contributed by atoms with van der Waals surface area (Å²) in [5.74, 6) is -2.39. The highest BCUT2D eigenvalue weighted by Gasteiger charge is 2.29. The Balaban J connectivity index is 0.000000141. The number of carboxylic acids is 1. The van der Waals surface area contributed by atoms with Crippen LogP contribution in [0.5, 0.6) is 0 Å². The normalized spacial score (nSPS) is 15.6. The largest absolute Gasteiger partial charge is 0.748 e. The summed E-state index contributed by atoms with van der Waals surface area (Å²) in [5, 5.41) is 26.6. The van der Waals surface area contributed by atoms with Crippen molar-refractivity contribution in [2.75, 3.05) is 119 Å². The molecule has 6 aliphatic heterocycles. The summed E-state index contributed by atoms with van der Waals surface area (Å²) >= 11 is 3.50. The van der Waals surface area contributed by atoms with E-state index in [2.05, 4.69) is 149 Å². The van der Waals surface area contributed by atoms with E-state index < -0.39 is 81.7 Å². The highest BCUT2D eigenvalue weighted by molar-refractivity contribution is 9.10. The minimum atomic E-state index is -4.13. The van der Waals surface area contributed by atoms with Gasteiger partial charge in [-0.05, 0) is 234 Å². The van der Waals surface area contributed by atoms with Gasteiger partial charge in [0.1, 0.15) is 23.4 Å². The molecule has 7 aromatic carbocycles. The number of nitro groups is 1. The van der Waals surface area contributed by atoms with Crippen molar-refractivity contribution in [3.63, 3.8) is 0 Å². The van der Waals surface area contributed by atoms with Gasteiger partial charge in [-0.25, -0.2) is 17.8 Å². The first-order chi connectivity index (χ1) is 67.9. The van der Waals surface area contributed by atoms with E-state index in [1.165, 1.54) is 67.2 Å². The zero-order valence-electron chi connectivity index (χ0n) is 79.7. The third-order valence-electron chi connectivity index (χ3n) is 26.2. The van der Waals surface area contributed by atoms with Crippen molar-refractivity contribution in [2.24, 2.45) is 0 Å². The van der Waals surface area contributed by atoms with Gasteiger partial charge < -0.3 is 46.0 Å². The summed E-state index contributed by atoms with van der Waals surface area (Å²) in [6.45, 7) is 16.5. The Labute approximate surface area is 844 Å². The number of pyridine rings is 1. The van der Waals surface area contributed by atoms with Crippen molar-refractivity contribution < 1.29 is 122 Å². The number of carboxylic acid groups (broad SMARTS) is 1. The lowest BCUT2D eigenvalue weighted by Crippen LogP contribution is -2.41. The van der Waals surface area contributed by atoms with Gasteiger partial charge in [0.25, 0.3) is 66.4 Å². The Kier molecular flexibility index (Phi) is 37.7. The van der Waals surface area contributed by atoms with Crippen LogP contribution < -0.4 is 16.0 Å². The van der Waals surface area contributed by atoms with Crippen LogP contribution in [-0.4, -0.2) is 280 Å². The van der Waals surface area contributed by atoms with E-state index in [1.807, 2.05) is 59.4 Å². The van der Waals surface area contributed by atoms with Gasteiger partial charge in [0.15, 0.2) is 12.4 Å².